The monoisotopic (exact) mass is 443 g/mol. The number of carbonyl (C=O) groups excluding carboxylic acids is 2. The first-order chi connectivity index (χ1) is 14.8. The lowest BCUT2D eigenvalue weighted by Crippen LogP contribution is -2.41. The summed E-state index contributed by atoms with van der Waals surface area (Å²) in [5.41, 5.74) is 7.39. The second-order valence-corrected chi connectivity index (χ2v) is 8.63. The Kier molecular flexibility index (Phi) is 5.88. The number of ether oxygens (including phenoxy) is 1. The molecule has 31 heavy (non-hydrogen) atoms. The Bertz CT molecular complexity index is 1130. The number of amides is 2. The fourth-order valence-corrected chi connectivity index (χ4v) is 4.44. The van der Waals surface area contributed by atoms with Crippen molar-refractivity contribution < 1.29 is 14.3 Å². The highest BCUT2D eigenvalue weighted by Crippen LogP contribution is 2.26. The van der Waals surface area contributed by atoms with Crippen LogP contribution in [0.25, 0.3) is 11.0 Å². The molecular weight excluding hydrogens is 418 g/mol. The Hall–Kier alpha value is -3.05. The summed E-state index contributed by atoms with van der Waals surface area (Å²) in [6, 6.07) is 1.79. The van der Waals surface area contributed by atoms with Gasteiger partial charge < -0.3 is 9.64 Å². The first-order valence-corrected chi connectivity index (χ1v) is 10.9. The number of morpholine rings is 1. The van der Waals surface area contributed by atoms with Gasteiger partial charge in [0.25, 0.3) is 11.8 Å². The zero-order valence-corrected chi connectivity index (χ0v) is 18.7. The SMILES string of the molecule is Cc1cc(C(=O)NNC(=O)c2sc(N3CCOCC3)nc2C)c2cnn(C(C)C)c2n1. The van der Waals surface area contributed by atoms with Gasteiger partial charge in [-0.2, -0.15) is 5.10 Å². The van der Waals surface area contributed by atoms with Crippen LogP contribution in [0.2, 0.25) is 0 Å². The molecule has 11 heteroatoms. The highest BCUT2D eigenvalue weighted by molar-refractivity contribution is 7.17. The Morgan fingerprint density at radius 3 is 2.55 bits per heavy atom. The molecule has 164 valence electrons. The zero-order chi connectivity index (χ0) is 22.1. The molecule has 0 spiro atoms. The van der Waals surface area contributed by atoms with E-state index in [1.54, 1.807) is 23.9 Å². The van der Waals surface area contributed by atoms with E-state index in [9.17, 15) is 9.59 Å². The lowest BCUT2D eigenvalue weighted by molar-refractivity contribution is 0.0849. The van der Waals surface area contributed by atoms with Crippen LogP contribution < -0.4 is 15.8 Å². The average Bonchev–Trinajstić information content (AvgIpc) is 3.35. The maximum absolute atomic E-state index is 12.8. The molecule has 0 atom stereocenters. The number of aromatic nitrogens is 4. The Morgan fingerprint density at radius 2 is 1.84 bits per heavy atom. The average molecular weight is 444 g/mol. The number of aryl methyl sites for hydroxylation is 2. The van der Waals surface area contributed by atoms with Gasteiger partial charge >= 0.3 is 0 Å². The van der Waals surface area contributed by atoms with Crippen molar-refractivity contribution in [1.82, 2.24) is 30.6 Å². The van der Waals surface area contributed by atoms with E-state index in [0.717, 1.165) is 18.2 Å². The number of nitrogens with one attached hydrogen (secondary N) is 2. The molecule has 1 aliphatic rings. The second kappa shape index (κ2) is 8.60. The summed E-state index contributed by atoms with van der Waals surface area (Å²) in [6.07, 6.45) is 1.63. The van der Waals surface area contributed by atoms with Gasteiger partial charge in [0.2, 0.25) is 0 Å². The number of hydrogen-bond donors (Lipinski definition) is 2. The molecule has 1 saturated heterocycles. The number of hydrogen-bond acceptors (Lipinski definition) is 8. The third-order valence-corrected chi connectivity index (χ3v) is 6.21. The largest absolute Gasteiger partial charge is 0.378 e. The van der Waals surface area contributed by atoms with Crippen LogP contribution in [0.4, 0.5) is 5.13 Å². The van der Waals surface area contributed by atoms with Gasteiger partial charge in [-0.3, -0.25) is 20.4 Å². The number of thiazole rings is 1. The molecule has 3 aromatic heterocycles. The van der Waals surface area contributed by atoms with Crippen molar-refractivity contribution in [2.75, 3.05) is 31.2 Å². The van der Waals surface area contributed by atoms with Crippen LogP contribution in [0.1, 0.15) is 51.3 Å². The first-order valence-electron chi connectivity index (χ1n) is 10.1. The van der Waals surface area contributed by atoms with Gasteiger partial charge in [0.05, 0.1) is 36.1 Å². The van der Waals surface area contributed by atoms with Crippen LogP contribution in [0, 0.1) is 13.8 Å². The molecule has 0 saturated carbocycles. The van der Waals surface area contributed by atoms with E-state index in [4.69, 9.17) is 4.74 Å². The number of pyridine rings is 1. The molecule has 0 aliphatic carbocycles. The molecule has 10 nitrogen and oxygen atoms in total. The van der Waals surface area contributed by atoms with Crippen LogP contribution in [0.15, 0.2) is 12.3 Å². The third-order valence-electron chi connectivity index (χ3n) is 4.99. The van der Waals surface area contributed by atoms with Crippen LogP contribution in [0.3, 0.4) is 0 Å². The van der Waals surface area contributed by atoms with Crippen LogP contribution in [-0.2, 0) is 4.74 Å². The van der Waals surface area contributed by atoms with E-state index >= 15 is 0 Å². The van der Waals surface area contributed by atoms with Crippen LogP contribution in [0.5, 0.6) is 0 Å². The zero-order valence-electron chi connectivity index (χ0n) is 17.9. The molecule has 2 N–H and O–H groups in total. The number of hydrazine groups is 1. The maximum atomic E-state index is 12.8. The number of anilines is 1. The number of carbonyl (C=O) groups is 2. The molecule has 4 heterocycles. The number of fused-ring (bicyclic) bond motifs is 1. The second-order valence-electron chi connectivity index (χ2n) is 7.65. The molecule has 0 radical (unpaired) electrons. The predicted molar refractivity (Wildman–Crippen MR) is 117 cm³/mol. The fraction of sp³-hybridized carbons (Fsp3) is 0.450. The number of rotatable bonds is 4. The van der Waals surface area contributed by atoms with Crippen molar-refractivity contribution in [3.05, 3.63) is 34.1 Å². The maximum Gasteiger partial charge on any atom is 0.281 e. The first kappa shape index (κ1) is 21.2. The minimum absolute atomic E-state index is 0.109. The van der Waals surface area contributed by atoms with Crippen molar-refractivity contribution >= 4 is 39.3 Å². The Morgan fingerprint density at radius 1 is 1.13 bits per heavy atom. The Balaban J connectivity index is 1.49. The van der Waals surface area contributed by atoms with Crippen molar-refractivity contribution in [2.45, 2.75) is 33.7 Å². The molecule has 0 unspecified atom stereocenters. The van der Waals surface area contributed by atoms with Gasteiger partial charge in [0, 0.05) is 24.8 Å². The van der Waals surface area contributed by atoms with Crippen molar-refractivity contribution in [2.24, 2.45) is 0 Å². The van der Waals surface area contributed by atoms with Gasteiger partial charge in [0.1, 0.15) is 4.88 Å². The summed E-state index contributed by atoms with van der Waals surface area (Å²) in [5.74, 6) is -0.828. The molecule has 1 aliphatic heterocycles. The highest BCUT2D eigenvalue weighted by Gasteiger charge is 2.22. The fourth-order valence-electron chi connectivity index (χ4n) is 3.43. The lowest BCUT2D eigenvalue weighted by atomic mass is 10.1. The minimum atomic E-state index is -0.428. The third kappa shape index (κ3) is 4.23. The summed E-state index contributed by atoms with van der Waals surface area (Å²) >= 11 is 1.31. The van der Waals surface area contributed by atoms with Crippen molar-refractivity contribution in [1.29, 1.82) is 0 Å². The molecular formula is C20H25N7O3S. The summed E-state index contributed by atoms with van der Waals surface area (Å²) in [7, 11) is 0. The van der Waals surface area contributed by atoms with Gasteiger partial charge in [-0.1, -0.05) is 11.3 Å². The van der Waals surface area contributed by atoms with Crippen molar-refractivity contribution in [3.63, 3.8) is 0 Å². The smallest absolute Gasteiger partial charge is 0.281 e. The van der Waals surface area contributed by atoms with E-state index in [2.05, 4.69) is 30.8 Å². The number of nitrogens with zero attached hydrogens (tertiary/aromatic N) is 5. The topological polar surface area (TPSA) is 114 Å². The van der Waals surface area contributed by atoms with E-state index in [-0.39, 0.29) is 6.04 Å². The quantitative estimate of drug-likeness (QED) is 0.593. The van der Waals surface area contributed by atoms with Gasteiger partial charge in [-0.05, 0) is 33.8 Å². The molecule has 2 amide bonds. The summed E-state index contributed by atoms with van der Waals surface area (Å²) in [5, 5.41) is 5.76. The molecule has 1 fully saturated rings. The van der Waals surface area contributed by atoms with Gasteiger partial charge in [0.15, 0.2) is 10.8 Å². The van der Waals surface area contributed by atoms with E-state index in [0.29, 0.717) is 46.1 Å². The van der Waals surface area contributed by atoms with Gasteiger partial charge in [-0.15, -0.1) is 0 Å². The minimum Gasteiger partial charge on any atom is -0.378 e. The highest BCUT2D eigenvalue weighted by atomic mass is 32.1. The Labute approximate surface area is 183 Å². The van der Waals surface area contributed by atoms with Crippen LogP contribution >= 0.6 is 11.3 Å². The molecule has 4 rings (SSSR count). The molecule has 0 aromatic carbocycles. The molecule has 3 aromatic rings. The van der Waals surface area contributed by atoms with E-state index in [1.165, 1.54) is 11.3 Å². The van der Waals surface area contributed by atoms with Crippen LogP contribution in [-0.4, -0.2) is 57.9 Å². The molecule has 0 bridgehead atoms. The summed E-state index contributed by atoms with van der Waals surface area (Å²) in [4.78, 5) is 37.1. The summed E-state index contributed by atoms with van der Waals surface area (Å²) < 4.78 is 7.13. The normalized spacial score (nSPS) is 14.3. The van der Waals surface area contributed by atoms with Crippen molar-refractivity contribution in [3.8, 4) is 0 Å². The predicted octanol–water partition coefficient (Wildman–Crippen LogP) is 2.00. The summed E-state index contributed by atoms with van der Waals surface area (Å²) in [6.45, 7) is 10.4. The van der Waals surface area contributed by atoms with Gasteiger partial charge in [-0.25, -0.2) is 14.6 Å². The van der Waals surface area contributed by atoms with E-state index in [1.807, 2.05) is 20.8 Å². The standard InChI is InChI=1S/C20H25N7O3S/c1-11(2)27-17-15(10-21-27)14(9-12(3)22-17)18(28)24-25-19(29)16-13(4)23-20(31-16)26-5-7-30-8-6-26/h9-11H,5-8H2,1-4H3,(H,24,28)(H,25,29). The van der Waals surface area contributed by atoms with E-state index < -0.39 is 11.8 Å². The lowest BCUT2D eigenvalue weighted by Gasteiger charge is -2.25.